The van der Waals surface area contributed by atoms with Crippen LogP contribution in [-0.2, 0) is 17.8 Å². The molecule has 0 aliphatic carbocycles. The largest absolute Gasteiger partial charge is 0.355 e. The van der Waals surface area contributed by atoms with Gasteiger partial charge in [-0.15, -0.1) is 0 Å². The van der Waals surface area contributed by atoms with Crippen molar-refractivity contribution >= 4 is 17.2 Å². The molecule has 0 bridgehead atoms. The average Bonchev–Trinajstić information content (AvgIpc) is 3.23. The zero-order valence-corrected chi connectivity index (χ0v) is 14.0. The van der Waals surface area contributed by atoms with E-state index in [4.69, 9.17) is 0 Å². The summed E-state index contributed by atoms with van der Waals surface area (Å²) in [6, 6.07) is 2.48. The highest BCUT2D eigenvalue weighted by molar-refractivity contribution is 7.07. The lowest BCUT2D eigenvalue weighted by Gasteiger charge is -2.35. The number of hydrogen-bond acceptors (Lipinski definition) is 5. The number of likely N-dealkylation sites (tertiary alicyclic amines) is 1. The SMILES string of the molecule is O=C(CN1CCCC[C@@H]1Cn1cncn1)NCCc1ccsc1. The van der Waals surface area contributed by atoms with E-state index in [0.717, 1.165) is 32.4 Å². The van der Waals surface area contributed by atoms with Crippen molar-refractivity contribution in [1.29, 1.82) is 0 Å². The molecule has 0 saturated carbocycles. The number of hydrogen-bond donors (Lipinski definition) is 1. The summed E-state index contributed by atoms with van der Waals surface area (Å²) >= 11 is 1.69. The molecule has 3 rings (SSSR count). The first-order valence-electron chi connectivity index (χ1n) is 8.15. The maximum absolute atomic E-state index is 12.2. The molecule has 6 nitrogen and oxygen atoms in total. The Morgan fingerprint density at radius 3 is 3.17 bits per heavy atom. The van der Waals surface area contributed by atoms with Crippen LogP contribution in [0.15, 0.2) is 29.5 Å². The predicted molar refractivity (Wildman–Crippen MR) is 90.3 cm³/mol. The van der Waals surface area contributed by atoms with Crippen LogP contribution in [0, 0.1) is 0 Å². The van der Waals surface area contributed by atoms with Crippen LogP contribution in [0.1, 0.15) is 24.8 Å². The molecule has 2 aromatic heterocycles. The summed E-state index contributed by atoms with van der Waals surface area (Å²) in [4.78, 5) is 18.5. The number of rotatable bonds is 7. The topological polar surface area (TPSA) is 63.1 Å². The molecule has 1 fully saturated rings. The fraction of sp³-hybridized carbons (Fsp3) is 0.562. The van der Waals surface area contributed by atoms with Gasteiger partial charge < -0.3 is 5.32 Å². The fourth-order valence-electron chi connectivity index (χ4n) is 3.04. The van der Waals surface area contributed by atoms with Crippen LogP contribution in [0.3, 0.4) is 0 Å². The summed E-state index contributed by atoms with van der Waals surface area (Å²) in [5.41, 5.74) is 1.29. The molecule has 7 heteroatoms. The van der Waals surface area contributed by atoms with Crippen LogP contribution >= 0.6 is 11.3 Å². The maximum atomic E-state index is 12.2. The summed E-state index contributed by atoms with van der Waals surface area (Å²) in [7, 11) is 0. The molecular formula is C16H23N5OS. The first kappa shape index (κ1) is 16.1. The average molecular weight is 333 g/mol. The highest BCUT2D eigenvalue weighted by Gasteiger charge is 2.24. The van der Waals surface area contributed by atoms with Gasteiger partial charge in [-0.25, -0.2) is 4.98 Å². The minimum absolute atomic E-state index is 0.116. The minimum atomic E-state index is 0.116. The first-order valence-corrected chi connectivity index (χ1v) is 9.10. The molecule has 1 saturated heterocycles. The van der Waals surface area contributed by atoms with Crippen LogP contribution in [0.25, 0.3) is 0 Å². The van der Waals surface area contributed by atoms with Crippen molar-refractivity contribution in [2.45, 2.75) is 38.3 Å². The number of carbonyl (C=O) groups excluding carboxylic acids is 1. The molecule has 1 atom stereocenters. The van der Waals surface area contributed by atoms with Gasteiger partial charge in [-0.1, -0.05) is 6.42 Å². The lowest BCUT2D eigenvalue weighted by molar-refractivity contribution is -0.123. The Labute approximate surface area is 140 Å². The third kappa shape index (κ3) is 4.87. The lowest BCUT2D eigenvalue weighted by atomic mass is 10.0. The number of carbonyl (C=O) groups is 1. The van der Waals surface area contributed by atoms with Gasteiger partial charge in [0.2, 0.25) is 5.91 Å². The van der Waals surface area contributed by atoms with Crippen molar-refractivity contribution in [3.8, 4) is 0 Å². The second-order valence-corrected chi connectivity index (χ2v) is 6.75. The number of aromatic nitrogens is 3. The summed E-state index contributed by atoms with van der Waals surface area (Å²) in [5.74, 6) is 0.116. The monoisotopic (exact) mass is 333 g/mol. The molecule has 0 spiro atoms. The minimum Gasteiger partial charge on any atom is -0.355 e. The van der Waals surface area contributed by atoms with Gasteiger partial charge in [-0.3, -0.25) is 14.4 Å². The Bertz CT molecular complexity index is 584. The lowest BCUT2D eigenvalue weighted by Crippen LogP contribution is -2.47. The Morgan fingerprint density at radius 2 is 2.39 bits per heavy atom. The number of amides is 1. The second kappa shape index (κ2) is 8.21. The first-order chi connectivity index (χ1) is 11.3. The van der Waals surface area contributed by atoms with Crippen LogP contribution in [0.5, 0.6) is 0 Å². The molecule has 23 heavy (non-hydrogen) atoms. The molecule has 0 aromatic carbocycles. The zero-order valence-electron chi connectivity index (χ0n) is 13.2. The predicted octanol–water partition coefficient (Wildman–Crippen LogP) is 1.55. The smallest absolute Gasteiger partial charge is 0.234 e. The zero-order chi connectivity index (χ0) is 15.9. The Morgan fingerprint density at radius 1 is 1.43 bits per heavy atom. The van der Waals surface area contributed by atoms with Crippen molar-refractivity contribution < 1.29 is 4.79 Å². The highest BCUT2D eigenvalue weighted by atomic mass is 32.1. The van der Waals surface area contributed by atoms with Gasteiger partial charge >= 0.3 is 0 Å². The molecule has 1 aliphatic heterocycles. The van der Waals surface area contributed by atoms with E-state index in [9.17, 15) is 4.79 Å². The van der Waals surface area contributed by atoms with E-state index in [1.807, 2.05) is 4.68 Å². The number of piperidine rings is 1. The Balaban J connectivity index is 1.45. The van der Waals surface area contributed by atoms with Crippen LogP contribution in [-0.4, -0.2) is 51.2 Å². The van der Waals surface area contributed by atoms with Gasteiger partial charge in [0.1, 0.15) is 12.7 Å². The standard InChI is InChI=1S/C16H23N5OS/c22-16(18-6-4-14-5-8-23-11-14)10-20-7-2-1-3-15(20)9-21-13-17-12-19-21/h5,8,11-13,15H,1-4,6-7,9-10H2,(H,18,22)/t15-/m1/s1. The van der Waals surface area contributed by atoms with Crippen LogP contribution in [0.2, 0.25) is 0 Å². The van der Waals surface area contributed by atoms with E-state index in [-0.39, 0.29) is 5.91 Å². The van der Waals surface area contributed by atoms with Gasteiger partial charge in [0.25, 0.3) is 0 Å². The van der Waals surface area contributed by atoms with E-state index in [2.05, 4.69) is 37.1 Å². The molecule has 0 radical (unpaired) electrons. The van der Waals surface area contributed by atoms with E-state index in [1.165, 1.54) is 12.0 Å². The second-order valence-electron chi connectivity index (χ2n) is 5.97. The van der Waals surface area contributed by atoms with Crippen LogP contribution < -0.4 is 5.32 Å². The van der Waals surface area contributed by atoms with Gasteiger partial charge in [0.05, 0.1) is 13.1 Å². The van der Waals surface area contributed by atoms with Gasteiger partial charge in [0.15, 0.2) is 0 Å². The van der Waals surface area contributed by atoms with Crippen molar-refractivity contribution in [3.05, 3.63) is 35.0 Å². The molecular weight excluding hydrogens is 310 g/mol. The summed E-state index contributed by atoms with van der Waals surface area (Å²) in [6.45, 7) is 2.97. The van der Waals surface area contributed by atoms with Crippen molar-refractivity contribution in [1.82, 2.24) is 25.0 Å². The summed E-state index contributed by atoms with van der Waals surface area (Å²) < 4.78 is 1.86. The Kier molecular flexibility index (Phi) is 5.76. The van der Waals surface area contributed by atoms with E-state index in [1.54, 1.807) is 24.0 Å². The van der Waals surface area contributed by atoms with Crippen molar-refractivity contribution in [3.63, 3.8) is 0 Å². The third-order valence-electron chi connectivity index (χ3n) is 4.28. The van der Waals surface area contributed by atoms with E-state index in [0.29, 0.717) is 19.1 Å². The van der Waals surface area contributed by atoms with Crippen molar-refractivity contribution in [2.75, 3.05) is 19.6 Å². The fourth-order valence-corrected chi connectivity index (χ4v) is 3.74. The molecule has 124 valence electrons. The summed E-state index contributed by atoms with van der Waals surface area (Å²) in [6.07, 6.45) is 7.70. The summed E-state index contributed by atoms with van der Waals surface area (Å²) in [5, 5.41) is 11.4. The van der Waals surface area contributed by atoms with Crippen LogP contribution in [0.4, 0.5) is 0 Å². The number of nitrogens with zero attached hydrogens (tertiary/aromatic N) is 4. The van der Waals surface area contributed by atoms with Gasteiger partial charge in [0, 0.05) is 12.6 Å². The molecule has 0 unspecified atom stereocenters. The van der Waals surface area contributed by atoms with Crippen molar-refractivity contribution in [2.24, 2.45) is 0 Å². The highest BCUT2D eigenvalue weighted by Crippen LogP contribution is 2.17. The molecule has 2 aromatic rings. The third-order valence-corrected chi connectivity index (χ3v) is 5.01. The molecule has 1 N–H and O–H groups in total. The van der Waals surface area contributed by atoms with Gasteiger partial charge in [-0.05, 0) is 48.2 Å². The number of thiophene rings is 1. The van der Waals surface area contributed by atoms with Gasteiger partial charge in [-0.2, -0.15) is 16.4 Å². The Hall–Kier alpha value is -1.73. The number of nitrogens with one attached hydrogen (secondary N) is 1. The molecule has 3 heterocycles. The normalized spacial score (nSPS) is 18.9. The molecule has 1 amide bonds. The molecule has 1 aliphatic rings. The maximum Gasteiger partial charge on any atom is 0.234 e. The quantitative estimate of drug-likeness (QED) is 0.835. The van der Waals surface area contributed by atoms with E-state index >= 15 is 0 Å². The van der Waals surface area contributed by atoms with E-state index < -0.39 is 0 Å².